The highest BCUT2D eigenvalue weighted by molar-refractivity contribution is 5.84. The number of H-pyrrole nitrogens is 1. The maximum absolute atomic E-state index is 12.2. The first-order valence-electron chi connectivity index (χ1n) is 7.79. The van der Waals surface area contributed by atoms with Crippen molar-refractivity contribution in [3.05, 3.63) is 27.2 Å². The van der Waals surface area contributed by atoms with Crippen LogP contribution in [-0.4, -0.2) is 38.9 Å². The Balaban J connectivity index is 1.83. The molecule has 2 heterocycles. The molecule has 0 spiro atoms. The number of nitrogens with one attached hydrogen (secondary N) is 2. The van der Waals surface area contributed by atoms with Crippen LogP contribution in [0.4, 0.5) is 0 Å². The fourth-order valence-corrected chi connectivity index (χ4v) is 2.99. The summed E-state index contributed by atoms with van der Waals surface area (Å²) in [5.41, 5.74) is 2.65. The van der Waals surface area contributed by atoms with E-state index in [1.54, 1.807) is 11.7 Å². The normalized spacial score (nSPS) is 15.8. The maximum atomic E-state index is 12.2. The molecular weight excluding hydrogens is 296 g/mol. The van der Waals surface area contributed by atoms with E-state index in [1.165, 1.54) is 0 Å². The van der Waals surface area contributed by atoms with Gasteiger partial charge in [-0.15, -0.1) is 0 Å². The number of aliphatic hydroxyl groups is 1. The number of carbonyl (C=O) groups excluding carboxylic acids is 1. The number of aromatic amines is 1. The number of hydrogen-bond acceptors (Lipinski definition) is 4. The standard InChI is InChI=1S/C16H22N4O3/c1-9-11(6-12(22)17-7-16(8-21)4-5-16)10(2)18-14-13(9)15(23)19-20(14)3/h21H,4-8H2,1-3H3,(H,17,22)(H,19,23). The monoisotopic (exact) mass is 318 g/mol. The molecule has 7 nitrogen and oxygen atoms in total. The molecule has 0 saturated heterocycles. The highest BCUT2D eigenvalue weighted by Crippen LogP contribution is 2.44. The van der Waals surface area contributed by atoms with Crippen LogP contribution in [0.1, 0.15) is 29.7 Å². The van der Waals surface area contributed by atoms with Crippen LogP contribution in [0.2, 0.25) is 0 Å². The summed E-state index contributed by atoms with van der Waals surface area (Å²) in [5.74, 6) is -0.107. The molecule has 0 aromatic carbocycles. The third kappa shape index (κ3) is 2.76. The first-order chi connectivity index (χ1) is 10.9. The molecule has 1 amide bonds. The quantitative estimate of drug-likeness (QED) is 0.738. The van der Waals surface area contributed by atoms with Crippen molar-refractivity contribution in [3.63, 3.8) is 0 Å². The molecule has 3 rings (SSSR count). The highest BCUT2D eigenvalue weighted by Gasteiger charge is 2.42. The summed E-state index contributed by atoms with van der Waals surface area (Å²) >= 11 is 0. The molecule has 7 heteroatoms. The predicted octanol–water partition coefficient (Wildman–Crippen LogP) is 0.310. The molecule has 1 fully saturated rings. The molecule has 124 valence electrons. The molecule has 0 radical (unpaired) electrons. The maximum Gasteiger partial charge on any atom is 0.273 e. The van der Waals surface area contributed by atoms with Crippen LogP contribution < -0.4 is 10.9 Å². The van der Waals surface area contributed by atoms with Crippen molar-refractivity contribution >= 4 is 16.9 Å². The minimum Gasteiger partial charge on any atom is -0.396 e. The fraction of sp³-hybridized carbons (Fsp3) is 0.562. The van der Waals surface area contributed by atoms with Gasteiger partial charge in [-0.25, -0.2) is 4.98 Å². The van der Waals surface area contributed by atoms with Gasteiger partial charge >= 0.3 is 0 Å². The van der Waals surface area contributed by atoms with Crippen LogP contribution in [-0.2, 0) is 18.3 Å². The summed E-state index contributed by atoms with van der Waals surface area (Å²) in [6, 6.07) is 0. The number of rotatable bonds is 5. The Hall–Kier alpha value is -2.15. The first kappa shape index (κ1) is 15.7. The Morgan fingerprint density at radius 3 is 2.74 bits per heavy atom. The van der Waals surface area contributed by atoms with Crippen LogP contribution in [0.15, 0.2) is 4.79 Å². The van der Waals surface area contributed by atoms with Gasteiger partial charge in [-0.1, -0.05) is 0 Å². The van der Waals surface area contributed by atoms with Crippen LogP contribution in [0.5, 0.6) is 0 Å². The largest absolute Gasteiger partial charge is 0.396 e. The van der Waals surface area contributed by atoms with E-state index in [4.69, 9.17) is 0 Å². The number of nitrogens with zero attached hydrogens (tertiary/aromatic N) is 2. The van der Waals surface area contributed by atoms with Gasteiger partial charge in [-0.2, -0.15) is 0 Å². The van der Waals surface area contributed by atoms with Gasteiger partial charge in [-0.05, 0) is 37.8 Å². The van der Waals surface area contributed by atoms with Gasteiger partial charge < -0.3 is 10.4 Å². The molecule has 1 saturated carbocycles. The lowest BCUT2D eigenvalue weighted by Gasteiger charge is -2.14. The predicted molar refractivity (Wildman–Crippen MR) is 86.3 cm³/mol. The number of aliphatic hydroxyl groups excluding tert-OH is 1. The molecular formula is C16H22N4O3. The summed E-state index contributed by atoms with van der Waals surface area (Å²) in [7, 11) is 1.74. The molecule has 0 atom stereocenters. The molecule has 2 aromatic rings. The zero-order chi connectivity index (χ0) is 16.8. The minimum absolute atomic E-state index is 0.107. The summed E-state index contributed by atoms with van der Waals surface area (Å²) in [6.07, 6.45) is 2.10. The van der Waals surface area contributed by atoms with Crippen LogP contribution >= 0.6 is 0 Å². The van der Waals surface area contributed by atoms with Crippen LogP contribution in [0.25, 0.3) is 11.0 Å². The van der Waals surface area contributed by atoms with E-state index in [1.807, 2.05) is 13.8 Å². The van der Waals surface area contributed by atoms with Crippen molar-refractivity contribution in [2.24, 2.45) is 12.5 Å². The lowest BCUT2D eigenvalue weighted by atomic mass is 10.0. The lowest BCUT2D eigenvalue weighted by molar-refractivity contribution is -0.120. The van der Waals surface area contributed by atoms with E-state index in [2.05, 4.69) is 15.4 Å². The lowest BCUT2D eigenvalue weighted by Crippen LogP contribution is -2.33. The summed E-state index contributed by atoms with van der Waals surface area (Å²) in [6.45, 7) is 4.31. The molecule has 23 heavy (non-hydrogen) atoms. The zero-order valence-electron chi connectivity index (χ0n) is 13.7. The number of aryl methyl sites for hydroxylation is 3. The van der Waals surface area contributed by atoms with E-state index >= 15 is 0 Å². The second-order valence-corrected chi connectivity index (χ2v) is 6.61. The SMILES string of the molecule is Cc1nc2c(c(C)c1CC(=O)NCC1(CO)CC1)c(=O)[nH]n2C. The summed E-state index contributed by atoms with van der Waals surface area (Å²) in [4.78, 5) is 28.7. The van der Waals surface area contributed by atoms with Gasteiger partial charge in [0.05, 0.1) is 18.4 Å². The average molecular weight is 318 g/mol. The Morgan fingerprint density at radius 2 is 2.13 bits per heavy atom. The Labute approximate surface area is 133 Å². The van der Waals surface area contributed by atoms with E-state index < -0.39 is 0 Å². The molecule has 2 aromatic heterocycles. The van der Waals surface area contributed by atoms with Crippen molar-refractivity contribution in [1.82, 2.24) is 20.1 Å². The minimum atomic E-state index is -0.189. The second-order valence-electron chi connectivity index (χ2n) is 6.61. The van der Waals surface area contributed by atoms with E-state index in [0.29, 0.717) is 17.6 Å². The van der Waals surface area contributed by atoms with E-state index in [-0.39, 0.29) is 29.9 Å². The van der Waals surface area contributed by atoms with Crippen LogP contribution in [0, 0.1) is 19.3 Å². The topological polar surface area (TPSA) is 100 Å². The number of hydrogen-bond donors (Lipinski definition) is 3. The van der Waals surface area contributed by atoms with Gasteiger partial charge in [0.25, 0.3) is 5.56 Å². The van der Waals surface area contributed by atoms with E-state index in [0.717, 1.165) is 29.7 Å². The Morgan fingerprint density at radius 1 is 1.43 bits per heavy atom. The zero-order valence-corrected chi connectivity index (χ0v) is 13.7. The molecule has 1 aliphatic carbocycles. The average Bonchev–Trinajstić information content (AvgIpc) is 3.23. The molecule has 3 N–H and O–H groups in total. The van der Waals surface area contributed by atoms with Gasteiger partial charge in [0.15, 0.2) is 5.65 Å². The van der Waals surface area contributed by atoms with Gasteiger partial charge in [0, 0.05) is 24.7 Å². The number of carbonyl (C=O) groups is 1. The van der Waals surface area contributed by atoms with E-state index in [9.17, 15) is 14.7 Å². The van der Waals surface area contributed by atoms with Gasteiger partial charge in [-0.3, -0.25) is 19.4 Å². The molecule has 0 aliphatic heterocycles. The van der Waals surface area contributed by atoms with Gasteiger partial charge in [0.1, 0.15) is 0 Å². The van der Waals surface area contributed by atoms with Crippen molar-refractivity contribution in [3.8, 4) is 0 Å². The highest BCUT2D eigenvalue weighted by atomic mass is 16.3. The Bertz CT molecular complexity index is 830. The van der Waals surface area contributed by atoms with Crippen molar-refractivity contribution in [2.45, 2.75) is 33.1 Å². The van der Waals surface area contributed by atoms with Crippen molar-refractivity contribution < 1.29 is 9.90 Å². The third-order valence-electron chi connectivity index (χ3n) is 4.87. The third-order valence-corrected chi connectivity index (χ3v) is 4.87. The summed E-state index contributed by atoms with van der Waals surface area (Å²) in [5, 5.41) is 15.4. The first-order valence-corrected chi connectivity index (χ1v) is 7.79. The molecule has 0 bridgehead atoms. The summed E-state index contributed by atoms with van der Waals surface area (Å²) < 4.78 is 1.60. The van der Waals surface area contributed by atoms with Crippen molar-refractivity contribution in [1.29, 1.82) is 0 Å². The fourth-order valence-electron chi connectivity index (χ4n) is 2.99. The second kappa shape index (κ2) is 5.49. The Kier molecular flexibility index (Phi) is 3.75. The number of pyridine rings is 1. The van der Waals surface area contributed by atoms with Crippen molar-refractivity contribution in [2.75, 3.05) is 13.2 Å². The van der Waals surface area contributed by atoms with Gasteiger partial charge in [0.2, 0.25) is 5.91 Å². The molecule has 1 aliphatic rings. The smallest absolute Gasteiger partial charge is 0.273 e. The number of aromatic nitrogens is 3. The number of fused-ring (bicyclic) bond motifs is 1. The number of amides is 1. The molecule has 0 unspecified atom stereocenters. The van der Waals surface area contributed by atoms with Crippen LogP contribution in [0.3, 0.4) is 0 Å².